The van der Waals surface area contributed by atoms with Gasteiger partial charge in [0.15, 0.2) is 0 Å². The molecule has 2 N–H and O–H groups in total. The Kier molecular flexibility index (Phi) is 4.74. The molecule has 7 heteroatoms. The standard InChI is InChI=1S/C20H18N6O/c27-20(24-17-10-4-8-16-9-5-11-22-19(16)17)25-18(12-26-14-21-13-23-26)15-6-2-1-3-7-15/h1-11,13-14,18H,12H2,(H2,24,25,27). The Labute approximate surface area is 156 Å². The largest absolute Gasteiger partial charge is 0.329 e. The third kappa shape index (κ3) is 3.92. The molecule has 1 unspecified atom stereocenters. The second kappa shape index (κ2) is 7.65. The summed E-state index contributed by atoms with van der Waals surface area (Å²) >= 11 is 0. The second-order valence-corrected chi connectivity index (χ2v) is 6.06. The molecule has 1 atom stereocenters. The molecule has 0 saturated carbocycles. The zero-order chi connectivity index (χ0) is 18.5. The fraction of sp³-hybridized carbons (Fsp3) is 0.100. The Morgan fingerprint density at radius 1 is 1.04 bits per heavy atom. The van der Waals surface area contributed by atoms with Crippen molar-refractivity contribution >= 4 is 22.6 Å². The van der Waals surface area contributed by atoms with Crippen LogP contribution in [-0.2, 0) is 6.54 Å². The highest BCUT2D eigenvalue weighted by atomic mass is 16.2. The number of amides is 2. The van der Waals surface area contributed by atoms with E-state index in [0.717, 1.165) is 16.5 Å². The van der Waals surface area contributed by atoms with Crippen molar-refractivity contribution in [3.8, 4) is 0 Å². The normalized spacial score (nSPS) is 11.9. The van der Waals surface area contributed by atoms with Crippen molar-refractivity contribution in [2.75, 3.05) is 5.32 Å². The van der Waals surface area contributed by atoms with Crippen molar-refractivity contribution in [1.82, 2.24) is 25.1 Å². The van der Waals surface area contributed by atoms with Gasteiger partial charge in [-0.1, -0.05) is 48.5 Å². The van der Waals surface area contributed by atoms with Crippen molar-refractivity contribution < 1.29 is 4.79 Å². The van der Waals surface area contributed by atoms with Crippen LogP contribution in [0.15, 0.2) is 79.5 Å². The van der Waals surface area contributed by atoms with Crippen LogP contribution in [0.3, 0.4) is 0 Å². The van der Waals surface area contributed by atoms with Gasteiger partial charge in [-0.05, 0) is 17.7 Å². The maximum absolute atomic E-state index is 12.7. The van der Waals surface area contributed by atoms with Crippen molar-refractivity contribution in [2.45, 2.75) is 12.6 Å². The maximum atomic E-state index is 12.7. The highest BCUT2D eigenvalue weighted by molar-refractivity contribution is 5.99. The van der Waals surface area contributed by atoms with E-state index < -0.39 is 0 Å². The van der Waals surface area contributed by atoms with Gasteiger partial charge in [0.25, 0.3) is 0 Å². The number of para-hydroxylation sites is 1. The van der Waals surface area contributed by atoms with Crippen LogP contribution >= 0.6 is 0 Å². The molecule has 0 aliphatic heterocycles. The minimum Gasteiger partial charge on any atom is -0.329 e. The summed E-state index contributed by atoms with van der Waals surface area (Å²) in [5.74, 6) is 0. The minimum absolute atomic E-state index is 0.254. The number of benzene rings is 2. The molecule has 0 spiro atoms. The van der Waals surface area contributed by atoms with E-state index in [-0.39, 0.29) is 12.1 Å². The summed E-state index contributed by atoms with van der Waals surface area (Å²) in [6.07, 6.45) is 4.82. The number of aromatic nitrogens is 4. The maximum Gasteiger partial charge on any atom is 0.319 e. The Morgan fingerprint density at radius 3 is 2.70 bits per heavy atom. The van der Waals surface area contributed by atoms with Gasteiger partial charge in [0.2, 0.25) is 0 Å². The van der Waals surface area contributed by atoms with Crippen molar-refractivity contribution in [3.05, 3.63) is 85.1 Å². The molecule has 134 valence electrons. The molecule has 4 aromatic rings. The molecule has 4 rings (SSSR count). The average molecular weight is 358 g/mol. The van der Waals surface area contributed by atoms with Gasteiger partial charge in [-0.25, -0.2) is 9.78 Å². The quantitative estimate of drug-likeness (QED) is 0.573. The molecule has 0 saturated heterocycles. The van der Waals surface area contributed by atoms with Crippen LogP contribution in [0, 0.1) is 0 Å². The lowest BCUT2D eigenvalue weighted by Crippen LogP contribution is -2.35. The van der Waals surface area contributed by atoms with Crippen LogP contribution in [0.2, 0.25) is 0 Å². The summed E-state index contributed by atoms with van der Waals surface area (Å²) in [6.45, 7) is 0.477. The number of nitrogens with zero attached hydrogens (tertiary/aromatic N) is 4. The second-order valence-electron chi connectivity index (χ2n) is 6.06. The number of nitrogens with one attached hydrogen (secondary N) is 2. The van der Waals surface area contributed by atoms with E-state index in [0.29, 0.717) is 12.2 Å². The van der Waals surface area contributed by atoms with E-state index >= 15 is 0 Å². The molecular formula is C20H18N6O. The minimum atomic E-state index is -0.304. The Bertz CT molecular complexity index is 1030. The first-order valence-corrected chi connectivity index (χ1v) is 8.58. The lowest BCUT2D eigenvalue weighted by atomic mass is 10.1. The molecule has 0 aliphatic rings. The molecule has 7 nitrogen and oxygen atoms in total. The van der Waals surface area contributed by atoms with E-state index in [4.69, 9.17) is 0 Å². The zero-order valence-corrected chi connectivity index (χ0v) is 14.5. The predicted octanol–water partition coefficient (Wildman–Crippen LogP) is 3.39. The average Bonchev–Trinajstić information content (AvgIpc) is 3.22. The van der Waals surface area contributed by atoms with Crippen molar-refractivity contribution in [2.24, 2.45) is 0 Å². The van der Waals surface area contributed by atoms with Gasteiger partial charge < -0.3 is 10.6 Å². The van der Waals surface area contributed by atoms with Gasteiger partial charge in [0.1, 0.15) is 12.7 Å². The first kappa shape index (κ1) is 16.7. The number of carbonyl (C=O) groups excluding carboxylic acids is 1. The molecule has 2 heterocycles. The third-order valence-corrected chi connectivity index (χ3v) is 4.22. The van der Waals surface area contributed by atoms with Gasteiger partial charge in [0, 0.05) is 11.6 Å². The number of anilines is 1. The van der Waals surface area contributed by atoms with Crippen molar-refractivity contribution in [1.29, 1.82) is 0 Å². The lowest BCUT2D eigenvalue weighted by molar-refractivity contribution is 0.246. The Balaban J connectivity index is 1.54. The molecule has 2 aromatic heterocycles. The topological polar surface area (TPSA) is 84.7 Å². The van der Waals surface area contributed by atoms with Gasteiger partial charge in [-0.15, -0.1) is 0 Å². The van der Waals surface area contributed by atoms with Gasteiger partial charge >= 0.3 is 6.03 Å². The highest BCUT2D eigenvalue weighted by Crippen LogP contribution is 2.21. The van der Waals surface area contributed by atoms with Crippen LogP contribution in [0.1, 0.15) is 11.6 Å². The molecular weight excluding hydrogens is 340 g/mol. The summed E-state index contributed by atoms with van der Waals surface area (Å²) in [7, 11) is 0. The number of rotatable bonds is 5. The summed E-state index contributed by atoms with van der Waals surface area (Å²) in [5, 5.41) is 11.0. The number of carbonyl (C=O) groups is 1. The molecule has 0 bridgehead atoms. The lowest BCUT2D eigenvalue weighted by Gasteiger charge is -2.19. The van der Waals surface area contributed by atoms with E-state index in [1.54, 1.807) is 17.2 Å². The molecule has 0 aliphatic carbocycles. The van der Waals surface area contributed by atoms with Crippen LogP contribution in [0.4, 0.5) is 10.5 Å². The molecule has 2 aromatic carbocycles. The Hall–Kier alpha value is -3.74. The summed E-state index contributed by atoms with van der Waals surface area (Å²) in [5.41, 5.74) is 2.40. The number of urea groups is 1. The summed E-state index contributed by atoms with van der Waals surface area (Å²) in [6, 6.07) is 18.7. The summed E-state index contributed by atoms with van der Waals surface area (Å²) < 4.78 is 1.69. The Morgan fingerprint density at radius 2 is 1.89 bits per heavy atom. The van der Waals surface area contributed by atoms with E-state index in [9.17, 15) is 4.79 Å². The number of pyridine rings is 1. The fourth-order valence-electron chi connectivity index (χ4n) is 2.96. The zero-order valence-electron chi connectivity index (χ0n) is 14.5. The van der Waals surface area contributed by atoms with E-state index in [2.05, 4.69) is 25.7 Å². The van der Waals surface area contributed by atoms with Crippen LogP contribution in [-0.4, -0.2) is 25.8 Å². The smallest absolute Gasteiger partial charge is 0.319 e. The molecule has 27 heavy (non-hydrogen) atoms. The van der Waals surface area contributed by atoms with Gasteiger partial charge in [0.05, 0.1) is 23.8 Å². The number of fused-ring (bicyclic) bond motifs is 1. The van der Waals surface area contributed by atoms with Crippen LogP contribution < -0.4 is 10.6 Å². The highest BCUT2D eigenvalue weighted by Gasteiger charge is 2.16. The van der Waals surface area contributed by atoms with Gasteiger partial charge in [-0.2, -0.15) is 5.10 Å². The van der Waals surface area contributed by atoms with Crippen LogP contribution in [0.25, 0.3) is 10.9 Å². The molecule has 0 fully saturated rings. The monoisotopic (exact) mass is 358 g/mol. The SMILES string of the molecule is O=C(Nc1cccc2cccnc12)NC(Cn1cncn1)c1ccccc1. The number of hydrogen-bond donors (Lipinski definition) is 2. The first-order valence-electron chi connectivity index (χ1n) is 8.58. The van der Waals surface area contributed by atoms with Crippen molar-refractivity contribution in [3.63, 3.8) is 0 Å². The number of hydrogen-bond acceptors (Lipinski definition) is 4. The van der Waals surface area contributed by atoms with Crippen LogP contribution in [0.5, 0.6) is 0 Å². The van der Waals surface area contributed by atoms with E-state index in [1.165, 1.54) is 6.33 Å². The fourth-order valence-corrected chi connectivity index (χ4v) is 2.96. The van der Waals surface area contributed by atoms with E-state index in [1.807, 2.05) is 60.7 Å². The molecule has 0 radical (unpaired) electrons. The first-order chi connectivity index (χ1) is 13.3. The van der Waals surface area contributed by atoms with Gasteiger partial charge in [-0.3, -0.25) is 9.67 Å². The molecule has 2 amide bonds. The third-order valence-electron chi connectivity index (χ3n) is 4.22. The predicted molar refractivity (Wildman–Crippen MR) is 103 cm³/mol. The summed E-state index contributed by atoms with van der Waals surface area (Å²) in [4.78, 5) is 21.0.